The average molecular weight is 261 g/mol. The van der Waals surface area contributed by atoms with Gasteiger partial charge in [-0.3, -0.25) is 10.1 Å². The molecule has 0 unspecified atom stereocenters. The predicted molar refractivity (Wildman–Crippen MR) is 59.2 cm³/mol. The SMILES string of the molecule is O=C1CN(NS(=O)(=O)C2CCCCC2)C(=O)N1. The molecule has 2 rings (SSSR count). The molecule has 7 nitrogen and oxygen atoms in total. The van der Waals surface area contributed by atoms with Crippen LogP contribution in [0.3, 0.4) is 0 Å². The van der Waals surface area contributed by atoms with E-state index in [9.17, 15) is 18.0 Å². The molecule has 2 aliphatic rings. The molecular weight excluding hydrogens is 246 g/mol. The summed E-state index contributed by atoms with van der Waals surface area (Å²) in [7, 11) is -3.56. The number of amides is 3. The first-order valence-corrected chi connectivity index (χ1v) is 7.16. The lowest BCUT2D eigenvalue weighted by atomic mass is 10.0. The molecule has 2 N–H and O–H groups in total. The number of nitrogens with zero attached hydrogens (tertiary/aromatic N) is 1. The Morgan fingerprint density at radius 2 is 1.82 bits per heavy atom. The number of imide groups is 1. The summed E-state index contributed by atoms with van der Waals surface area (Å²) in [6, 6.07) is -0.714. The first-order valence-electron chi connectivity index (χ1n) is 5.61. The molecule has 0 radical (unpaired) electrons. The fourth-order valence-electron chi connectivity index (χ4n) is 2.12. The number of hydrogen-bond acceptors (Lipinski definition) is 4. The van der Waals surface area contributed by atoms with Gasteiger partial charge < -0.3 is 0 Å². The largest absolute Gasteiger partial charge is 0.339 e. The van der Waals surface area contributed by atoms with Crippen LogP contribution in [-0.2, 0) is 14.8 Å². The maximum atomic E-state index is 11.9. The molecule has 0 spiro atoms. The van der Waals surface area contributed by atoms with E-state index in [-0.39, 0.29) is 6.54 Å². The average Bonchev–Trinajstić information content (AvgIpc) is 2.58. The maximum absolute atomic E-state index is 11.9. The Bertz CT molecular complexity index is 428. The molecule has 0 atom stereocenters. The van der Waals surface area contributed by atoms with Crippen LogP contribution < -0.4 is 10.1 Å². The number of urea groups is 1. The second-order valence-electron chi connectivity index (χ2n) is 4.34. The molecule has 96 valence electrons. The molecule has 3 amide bonds. The minimum atomic E-state index is -3.56. The van der Waals surface area contributed by atoms with Crippen molar-refractivity contribution in [3.63, 3.8) is 0 Å². The Hall–Kier alpha value is -1.15. The standard InChI is InChI=1S/C9H15N3O4S/c13-8-6-12(9(14)10-8)11-17(15,16)7-4-2-1-3-5-7/h7,11H,1-6H2,(H,10,13,14). The Kier molecular flexibility index (Phi) is 3.34. The molecule has 0 bridgehead atoms. The summed E-state index contributed by atoms with van der Waals surface area (Å²) in [5, 5.41) is 2.37. The quantitative estimate of drug-likeness (QED) is 0.682. The van der Waals surface area contributed by atoms with E-state index < -0.39 is 27.2 Å². The number of nitrogens with one attached hydrogen (secondary N) is 2. The number of carbonyl (C=O) groups is 2. The minimum Gasteiger partial charge on any atom is -0.275 e. The van der Waals surface area contributed by atoms with Crippen LogP contribution in [0, 0.1) is 0 Å². The molecule has 1 aliphatic carbocycles. The van der Waals surface area contributed by atoms with E-state index >= 15 is 0 Å². The molecule has 0 aromatic heterocycles. The van der Waals surface area contributed by atoms with Gasteiger partial charge in [-0.05, 0) is 12.8 Å². The van der Waals surface area contributed by atoms with Gasteiger partial charge in [0.25, 0.3) is 0 Å². The fraction of sp³-hybridized carbons (Fsp3) is 0.778. The summed E-state index contributed by atoms with van der Waals surface area (Å²) in [5.74, 6) is -0.499. The fourth-order valence-corrected chi connectivity index (χ4v) is 3.68. The molecule has 1 saturated carbocycles. The summed E-state index contributed by atoms with van der Waals surface area (Å²) < 4.78 is 23.9. The van der Waals surface area contributed by atoms with Crippen LogP contribution in [0.5, 0.6) is 0 Å². The van der Waals surface area contributed by atoms with E-state index in [1.54, 1.807) is 0 Å². The summed E-state index contributed by atoms with van der Waals surface area (Å²) in [4.78, 5) is 24.3. The van der Waals surface area contributed by atoms with Crippen molar-refractivity contribution in [1.82, 2.24) is 15.2 Å². The van der Waals surface area contributed by atoms with Crippen molar-refractivity contribution in [1.29, 1.82) is 0 Å². The van der Waals surface area contributed by atoms with Crippen molar-refractivity contribution >= 4 is 22.0 Å². The van der Waals surface area contributed by atoms with E-state index in [2.05, 4.69) is 4.83 Å². The summed E-state index contributed by atoms with van der Waals surface area (Å²) >= 11 is 0. The number of rotatable bonds is 3. The molecule has 2 fully saturated rings. The Labute approximate surface area is 99.6 Å². The topological polar surface area (TPSA) is 95.6 Å². The van der Waals surface area contributed by atoms with E-state index in [0.717, 1.165) is 24.3 Å². The molecule has 0 aromatic carbocycles. The lowest BCUT2D eigenvalue weighted by Gasteiger charge is -2.24. The lowest BCUT2D eigenvalue weighted by molar-refractivity contribution is -0.118. The van der Waals surface area contributed by atoms with Crippen LogP contribution in [0.1, 0.15) is 32.1 Å². The highest BCUT2D eigenvalue weighted by Gasteiger charge is 2.34. The van der Waals surface area contributed by atoms with Gasteiger partial charge in [-0.2, -0.15) is 0 Å². The Morgan fingerprint density at radius 1 is 1.18 bits per heavy atom. The van der Waals surface area contributed by atoms with Gasteiger partial charge >= 0.3 is 6.03 Å². The van der Waals surface area contributed by atoms with E-state index in [4.69, 9.17) is 0 Å². The van der Waals surface area contributed by atoms with E-state index in [1.807, 2.05) is 5.32 Å². The smallest absolute Gasteiger partial charge is 0.275 e. The highest BCUT2D eigenvalue weighted by Crippen LogP contribution is 2.23. The van der Waals surface area contributed by atoms with Crippen molar-refractivity contribution in [3.8, 4) is 0 Å². The summed E-state index contributed by atoms with van der Waals surface area (Å²) in [5.41, 5.74) is 0. The van der Waals surface area contributed by atoms with Crippen LogP contribution >= 0.6 is 0 Å². The van der Waals surface area contributed by atoms with Gasteiger partial charge in [0.15, 0.2) is 0 Å². The van der Waals surface area contributed by atoms with E-state index in [1.165, 1.54) is 0 Å². The molecule has 8 heteroatoms. The van der Waals surface area contributed by atoms with Crippen LogP contribution in [0.15, 0.2) is 0 Å². The van der Waals surface area contributed by atoms with Crippen LogP contribution in [-0.4, -0.2) is 37.2 Å². The van der Waals surface area contributed by atoms with Crippen molar-refractivity contribution in [2.75, 3.05) is 6.54 Å². The Morgan fingerprint density at radius 3 is 2.35 bits per heavy atom. The number of sulfonamides is 1. The monoisotopic (exact) mass is 261 g/mol. The zero-order valence-corrected chi connectivity index (χ0v) is 10.1. The zero-order chi connectivity index (χ0) is 12.5. The Balaban J connectivity index is 2.01. The molecule has 1 saturated heterocycles. The van der Waals surface area contributed by atoms with Gasteiger partial charge in [-0.1, -0.05) is 19.3 Å². The number of hydrogen-bond donors (Lipinski definition) is 2. The lowest BCUT2D eigenvalue weighted by Crippen LogP contribution is -2.48. The minimum absolute atomic E-state index is 0.259. The first-order chi connectivity index (χ1) is 7.99. The van der Waals surface area contributed by atoms with Crippen molar-refractivity contribution < 1.29 is 18.0 Å². The predicted octanol–water partition coefficient (Wildman–Crippen LogP) is -0.295. The van der Waals surface area contributed by atoms with Crippen molar-refractivity contribution in [2.45, 2.75) is 37.4 Å². The third kappa shape index (κ3) is 2.75. The number of carbonyl (C=O) groups excluding carboxylic acids is 2. The third-order valence-corrected chi connectivity index (χ3v) is 4.85. The van der Waals surface area contributed by atoms with Gasteiger partial charge in [-0.25, -0.2) is 18.2 Å². The highest BCUT2D eigenvalue weighted by atomic mass is 32.2. The first kappa shape index (κ1) is 12.3. The van der Waals surface area contributed by atoms with Crippen LogP contribution in [0.4, 0.5) is 4.79 Å². The third-order valence-electron chi connectivity index (χ3n) is 3.02. The van der Waals surface area contributed by atoms with Gasteiger partial charge in [0.1, 0.15) is 6.54 Å². The summed E-state index contributed by atoms with van der Waals surface area (Å²) in [6.45, 7) is -0.259. The molecule has 0 aromatic rings. The second kappa shape index (κ2) is 4.61. The van der Waals surface area contributed by atoms with Gasteiger partial charge in [0.2, 0.25) is 15.9 Å². The van der Waals surface area contributed by atoms with Gasteiger partial charge in [0, 0.05) is 0 Å². The van der Waals surface area contributed by atoms with Gasteiger partial charge in [0.05, 0.1) is 5.25 Å². The summed E-state index contributed by atoms with van der Waals surface area (Å²) in [6.07, 6.45) is 4.04. The molecular formula is C9H15N3O4S. The molecule has 1 heterocycles. The van der Waals surface area contributed by atoms with Crippen LogP contribution in [0.2, 0.25) is 0 Å². The van der Waals surface area contributed by atoms with E-state index in [0.29, 0.717) is 12.8 Å². The number of hydrazine groups is 1. The zero-order valence-electron chi connectivity index (χ0n) is 9.31. The molecule has 1 aliphatic heterocycles. The maximum Gasteiger partial charge on any atom is 0.339 e. The second-order valence-corrected chi connectivity index (χ2v) is 6.28. The van der Waals surface area contributed by atoms with Crippen LogP contribution in [0.25, 0.3) is 0 Å². The normalized spacial score (nSPS) is 22.9. The van der Waals surface area contributed by atoms with Crippen molar-refractivity contribution in [3.05, 3.63) is 0 Å². The highest BCUT2D eigenvalue weighted by molar-refractivity contribution is 7.90. The van der Waals surface area contributed by atoms with Crippen molar-refractivity contribution in [2.24, 2.45) is 0 Å². The van der Waals surface area contributed by atoms with Gasteiger partial charge in [-0.15, -0.1) is 4.83 Å². The molecule has 17 heavy (non-hydrogen) atoms.